The van der Waals surface area contributed by atoms with Gasteiger partial charge in [-0.2, -0.15) is 0 Å². The molecule has 0 amide bonds. The van der Waals surface area contributed by atoms with Crippen LogP contribution in [0.2, 0.25) is 0 Å². The van der Waals surface area contributed by atoms with Gasteiger partial charge in [0.2, 0.25) is 0 Å². The predicted octanol–water partition coefficient (Wildman–Crippen LogP) is 19.3. The molecule has 518 valence electrons. The van der Waals surface area contributed by atoms with E-state index in [9.17, 15) is 43.2 Å². The maximum absolute atomic E-state index is 13.0. The number of carbonyl (C=O) groups is 4. The lowest BCUT2D eigenvalue weighted by atomic mass is 9.99. The molecule has 3 unspecified atom stereocenters. The van der Waals surface area contributed by atoms with Gasteiger partial charge in [0.25, 0.3) is 0 Å². The lowest BCUT2D eigenvalue weighted by Crippen LogP contribution is -2.30. The van der Waals surface area contributed by atoms with Crippen LogP contribution in [0.3, 0.4) is 0 Å². The summed E-state index contributed by atoms with van der Waals surface area (Å²) in [4.78, 5) is 72.2. The highest BCUT2D eigenvalue weighted by Crippen LogP contribution is 2.45. The van der Waals surface area contributed by atoms with Crippen LogP contribution in [0.4, 0.5) is 0 Å². The lowest BCUT2D eigenvalue weighted by molar-refractivity contribution is -0.161. The minimum absolute atomic E-state index is 0.0849. The molecule has 0 saturated heterocycles. The summed E-state index contributed by atoms with van der Waals surface area (Å²) in [5.74, 6) is -1.36. The van der Waals surface area contributed by atoms with Crippen molar-refractivity contribution < 1.29 is 80.2 Å². The Labute approximate surface area is 535 Å². The maximum atomic E-state index is 13.0. The van der Waals surface area contributed by atoms with Gasteiger partial charge in [0, 0.05) is 25.7 Å². The Morgan fingerprint density at radius 1 is 0.364 bits per heavy atom. The van der Waals surface area contributed by atoms with Crippen molar-refractivity contribution in [3.8, 4) is 0 Å². The number of hydrogen-bond acceptors (Lipinski definition) is 15. The van der Waals surface area contributed by atoms with Gasteiger partial charge < -0.3 is 33.8 Å². The molecule has 19 heteroatoms. The molecule has 0 rings (SSSR count). The zero-order valence-electron chi connectivity index (χ0n) is 56.3. The normalized spacial score (nSPS) is 14.6. The number of allylic oxidation sites excluding steroid dienone is 4. The average Bonchev–Trinajstić information content (AvgIpc) is 3.58. The molecule has 0 saturated carbocycles. The smallest absolute Gasteiger partial charge is 0.462 e. The van der Waals surface area contributed by atoms with Crippen LogP contribution < -0.4 is 0 Å². The van der Waals surface area contributed by atoms with E-state index in [0.717, 1.165) is 115 Å². The van der Waals surface area contributed by atoms with E-state index in [1.165, 1.54) is 135 Å². The van der Waals surface area contributed by atoms with Crippen LogP contribution >= 0.6 is 15.6 Å². The van der Waals surface area contributed by atoms with E-state index >= 15 is 0 Å². The molecule has 0 spiro atoms. The first-order chi connectivity index (χ1) is 42.6. The number of phosphoric ester groups is 2. The third-order valence-electron chi connectivity index (χ3n) is 15.8. The highest BCUT2D eigenvalue weighted by molar-refractivity contribution is 7.47. The molecule has 0 radical (unpaired) electrons. The van der Waals surface area contributed by atoms with Crippen LogP contribution in [0.25, 0.3) is 0 Å². The SMILES string of the molecule is CCCCCC/C=C\C=C/CCCCCCCC(=O)O[C@H](COC(=O)CCCCCCCCCCCCC(C)CC)COP(=O)(O)OC[C@@H](O)COP(=O)(O)OC[C@@H](COC(=O)CCCCCCC)OC(=O)CCCCCCCCCCCCCCCC. The van der Waals surface area contributed by atoms with Gasteiger partial charge >= 0.3 is 39.5 Å². The Morgan fingerprint density at radius 3 is 0.966 bits per heavy atom. The van der Waals surface area contributed by atoms with Gasteiger partial charge in [-0.15, -0.1) is 0 Å². The molecule has 0 aliphatic carbocycles. The van der Waals surface area contributed by atoms with Crippen LogP contribution in [0.1, 0.15) is 330 Å². The van der Waals surface area contributed by atoms with Gasteiger partial charge in [-0.25, -0.2) is 9.13 Å². The largest absolute Gasteiger partial charge is 0.472 e. The quantitative estimate of drug-likeness (QED) is 0.0169. The van der Waals surface area contributed by atoms with Gasteiger partial charge in [-0.05, 0) is 57.3 Å². The van der Waals surface area contributed by atoms with Crippen molar-refractivity contribution in [3.05, 3.63) is 24.3 Å². The molecule has 0 aliphatic rings. The Hall–Kier alpha value is -2.46. The molecule has 88 heavy (non-hydrogen) atoms. The van der Waals surface area contributed by atoms with Gasteiger partial charge in [-0.3, -0.25) is 37.3 Å². The number of carbonyl (C=O) groups excluding carboxylic acids is 4. The number of aliphatic hydroxyl groups is 1. The summed E-state index contributed by atoms with van der Waals surface area (Å²) < 4.78 is 68.0. The van der Waals surface area contributed by atoms with Crippen molar-refractivity contribution in [2.45, 2.75) is 348 Å². The van der Waals surface area contributed by atoms with Crippen LogP contribution in [-0.4, -0.2) is 96.7 Å². The molecule has 6 atom stereocenters. The van der Waals surface area contributed by atoms with Crippen molar-refractivity contribution in [3.63, 3.8) is 0 Å². The van der Waals surface area contributed by atoms with Crippen molar-refractivity contribution in [2.75, 3.05) is 39.6 Å². The van der Waals surface area contributed by atoms with Gasteiger partial charge in [-0.1, -0.05) is 277 Å². The molecule has 0 aromatic heterocycles. The molecule has 0 fully saturated rings. The Bertz CT molecular complexity index is 1800. The van der Waals surface area contributed by atoms with Crippen molar-refractivity contribution in [1.82, 2.24) is 0 Å². The van der Waals surface area contributed by atoms with E-state index in [1.54, 1.807) is 0 Å². The first kappa shape index (κ1) is 85.5. The number of esters is 4. The molecule has 0 aromatic rings. The number of aliphatic hydroxyl groups excluding tert-OH is 1. The maximum Gasteiger partial charge on any atom is 0.472 e. The average molecular weight is 1290 g/mol. The summed E-state index contributed by atoms with van der Waals surface area (Å²) >= 11 is 0. The van der Waals surface area contributed by atoms with E-state index in [4.69, 9.17) is 37.0 Å². The minimum atomic E-state index is -4.96. The van der Waals surface area contributed by atoms with Crippen molar-refractivity contribution >= 4 is 39.5 Å². The first-order valence-corrected chi connectivity index (χ1v) is 38.5. The summed E-state index contributed by atoms with van der Waals surface area (Å²) in [6.45, 7) is 7.11. The molecular formula is C69H130O17P2. The van der Waals surface area contributed by atoms with Crippen molar-refractivity contribution in [2.24, 2.45) is 5.92 Å². The number of unbranched alkanes of at least 4 members (excludes halogenated alkanes) is 35. The third kappa shape index (κ3) is 61.1. The summed E-state index contributed by atoms with van der Waals surface area (Å²) in [6.07, 6.45) is 51.0. The highest BCUT2D eigenvalue weighted by Gasteiger charge is 2.30. The third-order valence-corrected chi connectivity index (χ3v) is 17.7. The fraction of sp³-hybridized carbons (Fsp3) is 0.884. The second-order valence-electron chi connectivity index (χ2n) is 24.5. The summed E-state index contributed by atoms with van der Waals surface area (Å²) in [6, 6.07) is 0. The lowest BCUT2D eigenvalue weighted by Gasteiger charge is -2.21. The second kappa shape index (κ2) is 62.0. The fourth-order valence-electron chi connectivity index (χ4n) is 9.89. The monoisotopic (exact) mass is 1290 g/mol. The Kier molecular flexibility index (Phi) is 60.3. The zero-order valence-corrected chi connectivity index (χ0v) is 58.1. The summed E-state index contributed by atoms with van der Waals surface area (Å²) in [5, 5.41) is 10.5. The van der Waals surface area contributed by atoms with Crippen molar-refractivity contribution in [1.29, 1.82) is 0 Å². The standard InChI is InChI=1S/C69H130O17P2/c1-6-10-13-16-18-20-22-24-26-28-30-36-40-45-50-55-69(74)86-65(59-80-67(72)53-48-43-38-34-32-31-33-37-42-46-51-62(5)9-4)61-84-88(77,78)82-57-63(70)56-81-87(75,76)83-60-64(58-79-66(71)52-47-41-15-12-8-3)85-68(73)54-49-44-39-35-29-27-25-23-21-19-17-14-11-7-2/h20,22,24,26,62-65,70H,6-19,21,23,25,27-61H2,1-5H3,(H,75,76)(H,77,78)/b22-20-,26-24-/t62?,63-,64+,65+/m0/s1. The summed E-state index contributed by atoms with van der Waals surface area (Å²) in [5.41, 5.74) is 0. The number of rotatable bonds is 67. The molecular weight excluding hydrogens is 1160 g/mol. The molecule has 0 aromatic carbocycles. The first-order valence-electron chi connectivity index (χ1n) is 35.5. The molecule has 17 nitrogen and oxygen atoms in total. The van der Waals surface area contributed by atoms with Gasteiger partial charge in [0.1, 0.15) is 19.3 Å². The zero-order chi connectivity index (χ0) is 64.9. The van der Waals surface area contributed by atoms with Crippen LogP contribution in [0.5, 0.6) is 0 Å². The van der Waals surface area contributed by atoms with Crippen LogP contribution in [-0.2, 0) is 65.4 Å². The Balaban J connectivity index is 5.21. The Morgan fingerprint density at radius 2 is 0.636 bits per heavy atom. The second-order valence-corrected chi connectivity index (χ2v) is 27.4. The van der Waals surface area contributed by atoms with Gasteiger partial charge in [0.05, 0.1) is 26.4 Å². The van der Waals surface area contributed by atoms with E-state index < -0.39 is 97.5 Å². The van der Waals surface area contributed by atoms with Gasteiger partial charge in [0.15, 0.2) is 12.2 Å². The van der Waals surface area contributed by atoms with E-state index in [0.29, 0.717) is 25.7 Å². The van der Waals surface area contributed by atoms with E-state index in [2.05, 4.69) is 58.9 Å². The van der Waals surface area contributed by atoms with Crippen LogP contribution in [0, 0.1) is 5.92 Å². The molecule has 0 bridgehead atoms. The highest BCUT2D eigenvalue weighted by atomic mass is 31.2. The van der Waals surface area contributed by atoms with Crippen LogP contribution in [0.15, 0.2) is 24.3 Å². The minimum Gasteiger partial charge on any atom is -0.462 e. The molecule has 0 heterocycles. The number of hydrogen-bond donors (Lipinski definition) is 3. The predicted molar refractivity (Wildman–Crippen MR) is 354 cm³/mol. The summed E-state index contributed by atoms with van der Waals surface area (Å²) in [7, 11) is -9.90. The molecule has 3 N–H and O–H groups in total. The number of ether oxygens (including phenoxy) is 4. The topological polar surface area (TPSA) is 237 Å². The number of phosphoric acid groups is 2. The fourth-order valence-corrected chi connectivity index (χ4v) is 11.5. The van der Waals surface area contributed by atoms with E-state index in [-0.39, 0.29) is 25.7 Å². The molecule has 0 aliphatic heterocycles. The van der Waals surface area contributed by atoms with E-state index in [1.807, 2.05) is 0 Å².